The van der Waals surface area contributed by atoms with Crippen LogP contribution in [0.15, 0.2) is 0 Å². The summed E-state index contributed by atoms with van der Waals surface area (Å²) < 4.78 is 77.0. The van der Waals surface area contributed by atoms with Crippen molar-refractivity contribution in [2.75, 3.05) is 82.3 Å². The number of esters is 14. The smallest absolute Gasteiger partial charge is 0.311 e. The summed E-state index contributed by atoms with van der Waals surface area (Å²) >= 11 is 0. The van der Waals surface area contributed by atoms with E-state index in [1.165, 1.54) is 42.7 Å². The molecule has 0 radical (unpaired) electrons. The average molecular weight is 1900 g/mol. The molecule has 0 aliphatic rings. The fraction of sp³-hybridized carbons (Fsp3) is 0.806. The largest absolute Gasteiger partial charge is 0.481 e. The van der Waals surface area contributed by atoms with Crippen LogP contribution in [0.3, 0.4) is 0 Å². The van der Waals surface area contributed by atoms with Crippen LogP contribution in [0, 0.1) is 22.7 Å². The van der Waals surface area contributed by atoms with Crippen LogP contribution in [0.5, 0.6) is 0 Å². The number of hydrogen-bond donors (Lipinski definition) is 4. The Morgan fingerprint density at radius 2 is 0.504 bits per heavy atom. The number of rotatable bonds is 54. The quantitative estimate of drug-likeness (QED) is 0.0250. The molecular formula is C93H170O38. The molecule has 0 spiro atoms. The summed E-state index contributed by atoms with van der Waals surface area (Å²) in [4.78, 5) is 194. The number of ether oxygens (including phenoxy) is 16. The van der Waals surface area contributed by atoms with Crippen molar-refractivity contribution in [1.29, 1.82) is 0 Å². The van der Waals surface area contributed by atoms with Gasteiger partial charge in [0, 0.05) is 38.5 Å². The predicted molar refractivity (Wildman–Crippen MR) is 485 cm³/mol. The topological polar surface area (TPSA) is 536 Å². The molecule has 0 aromatic carbocycles. The molecule has 0 heterocycles. The maximum atomic E-state index is 11.4. The lowest BCUT2D eigenvalue weighted by atomic mass is 9.91. The Balaban J connectivity index is -0.000000155. The fourth-order valence-electron chi connectivity index (χ4n) is 6.90. The maximum Gasteiger partial charge on any atom is 0.311 e. The summed E-state index contributed by atoms with van der Waals surface area (Å²) in [6.07, 6.45) is 11.2. The molecule has 0 aliphatic heterocycles. The van der Waals surface area contributed by atoms with E-state index < -0.39 is 51.9 Å². The Labute approximate surface area is 779 Å². The SMILES string of the molecule is CCC(C)(C)C(=O)OCCC(=O)OC.CCC(C)(C)C(=O)OCCCC(=O)O.CCC(C)(C)OC(=O)CCC(=O)OC.CCC(C)(C)OC(=O)CCCC(=O)O.CCC(C)(C)OCCC(=O)OC.CCC(C)C(=O)OCCC(=O)OC.CCC(C)C(=O)OCCCC(=O)O.CCC(C)OC(=O)CCC(=O)OC.CCC(C)OC(=O)CCCC(=O)O.CCC(C)OCCC(=O)OC. The monoisotopic (exact) mass is 1900 g/mol. The molecule has 5 atom stereocenters. The van der Waals surface area contributed by atoms with E-state index in [9.17, 15) is 86.3 Å². The normalized spacial score (nSPS) is 11.6. The van der Waals surface area contributed by atoms with E-state index in [4.69, 9.17) is 67.8 Å². The van der Waals surface area contributed by atoms with Crippen LogP contribution >= 0.6 is 0 Å². The van der Waals surface area contributed by atoms with Crippen LogP contribution in [0.1, 0.15) is 353 Å². The third-order valence-corrected chi connectivity index (χ3v) is 18.7. The zero-order valence-electron chi connectivity index (χ0n) is 85.1. The van der Waals surface area contributed by atoms with Gasteiger partial charge in [-0.15, -0.1) is 0 Å². The van der Waals surface area contributed by atoms with Crippen LogP contribution in [0.4, 0.5) is 0 Å². The number of methoxy groups -OCH3 is 6. The molecule has 0 fully saturated rings. The van der Waals surface area contributed by atoms with Crippen LogP contribution in [-0.4, -0.2) is 245 Å². The lowest BCUT2D eigenvalue weighted by Crippen LogP contribution is -2.27. The van der Waals surface area contributed by atoms with Crippen LogP contribution in [-0.2, 0) is 162 Å². The summed E-state index contributed by atoms with van der Waals surface area (Å²) in [6, 6.07) is 0. The summed E-state index contributed by atoms with van der Waals surface area (Å²) in [7, 11) is 7.96. The van der Waals surface area contributed by atoms with Gasteiger partial charge in [-0.05, 0) is 180 Å². The van der Waals surface area contributed by atoms with Crippen molar-refractivity contribution >= 4 is 107 Å². The molecule has 770 valence electrons. The van der Waals surface area contributed by atoms with Gasteiger partial charge in [0.25, 0.3) is 0 Å². The zero-order chi connectivity index (χ0) is 104. The van der Waals surface area contributed by atoms with Gasteiger partial charge in [0.1, 0.15) is 24.4 Å². The van der Waals surface area contributed by atoms with Crippen LogP contribution in [0.2, 0.25) is 0 Å². The van der Waals surface area contributed by atoms with Gasteiger partial charge in [0.05, 0.1) is 167 Å². The second-order valence-corrected chi connectivity index (χ2v) is 32.3. The highest BCUT2D eigenvalue weighted by molar-refractivity contribution is 5.80. The molecule has 38 heteroatoms. The minimum absolute atomic E-state index is 0.0155. The molecule has 0 amide bonds. The van der Waals surface area contributed by atoms with Crippen molar-refractivity contribution in [2.45, 2.75) is 388 Å². The minimum atomic E-state index is -0.882. The van der Waals surface area contributed by atoms with Gasteiger partial charge in [-0.2, -0.15) is 0 Å². The summed E-state index contributed by atoms with van der Waals surface area (Å²) in [6.45, 7) is 48.8. The molecule has 0 aromatic rings. The Bertz CT molecular complexity index is 3130. The first-order valence-corrected chi connectivity index (χ1v) is 44.7. The highest BCUT2D eigenvalue weighted by Crippen LogP contribution is 2.23. The van der Waals surface area contributed by atoms with Gasteiger partial charge < -0.3 is 96.2 Å². The lowest BCUT2D eigenvalue weighted by molar-refractivity contribution is -0.159. The number of hydrogen-bond acceptors (Lipinski definition) is 34. The second kappa shape index (κ2) is 88.3. The Hall–Kier alpha value is -9.62. The highest BCUT2D eigenvalue weighted by Gasteiger charge is 2.29. The van der Waals surface area contributed by atoms with Crippen molar-refractivity contribution in [1.82, 2.24) is 0 Å². The number of aliphatic carboxylic acids is 4. The third kappa shape index (κ3) is 106. The first-order valence-electron chi connectivity index (χ1n) is 44.7. The third-order valence-electron chi connectivity index (χ3n) is 18.7. The van der Waals surface area contributed by atoms with E-state index in [1.807, 2.05) is 152 Å². The van der Waals surface area contributed by atoms with E-state index >= 15 is 0 Å². The predicted octanol–water partition coefficient (Wildman–Crippen LogP) is 15.6. The molecule has 4 N–H and O–H groups in total. The van der Waals surface area contributed by atoms with Gasteiger partial charge >= 0.3 is 107 Å². The molecule has 0 bridgehead atoms. The van der Waals surface area contributed by atoms with Crippen molar-refractivity contribution in [3.8, 4) is 0 Å². The highest BCUT2D eigenvalue weighted by atomic mass is 16.6. The van der Waals surface area contributed by atoms with E-state index in [-0.39, 0.29) is 217 Å². The first kappa shape index (κ1) is 142. The van der Waals surface area contributed by atoms with Gasteiger partial charge in [0.15, 0.2) is 0 Å². The number of carbonyl (C=O) groups excluding carboxylic acids is 14. The number of carboxylic acid groups (broad SMARTS) is 4. The molecule has 0 aliphatic carbocycles. The lowest BCUT2D eigenvalue weighted by Gasteiger charge is -2.23. The Morgan fingerprint density at radius 3 is 0.809 bits per heavy atom. The van der Waals surface area contributed by atoms with Crippen molar-refractivity contribution in [3.63, 3.8) is 0 Å². The van der Waals surface area contributed by atoms with E-state index in [2.05, 4.69) is 35.3 Å². The molecule has 131 heavy (non-hydrogen) atoms. The van der Waals surface area contributed by atoms with Crippen molar-refractivity contribution in [3.05, 3.63) is 0 Å². The Kier molecular flexibility index (Phi) is 95.6. The number of carboxylic acids is 4. The second-order valence-electron chi connectivity index (χ2n) is 32.3. The maximum absolute atomic E-state index is 11.4. The van der Waals surface area contributed by atoms with Gasteiger partial charge in [-0.25, -0.2) is 0 Å². The standard InChI is InChI=1S/4C10H18O4.4C9H16O4.C9H18O3.C8H16O3/c1-5-10(2,3)9(12)14-7-6-8(11)13-4;1-5-10(2,3)14-9(12)7-6-8(11)13-4;1-4-10(2,3)9(13)14-7-5-6-8(11)12;1-4-10(2,3)14-9(13)7-5-6-8(11)12;1-4-7(2)9(11)13-6-5-8(10)12-3;1-4-7(2)13-9(11)6-5-8(10)12-3;1-3-7(2)9(12)13-6-4-5-8(10)11;1-3-7(2)13-9(12)6-4-5-8(10)11;1-5-9(2,3)12-7-6-8(10)11-4;1-4-7(2)11-6-5-8(9)10-3/h2*5-7H2,1-4H3;2*4-7H2,1-3H3,(H,11,12);2*7H,4-6H2,1-3H3;2*7H,3-6H2,1-2H3,(H,10,11);5-7H2,1-4H3;7H,4-6H2,1-3H3. The first-order chi connectivity index (χ1) is 60.7. The van der Waals surface area contributed by atoms with Gasteiger partial charge in [0.2, 0.25) is 0 Å². The molecule has 38 nitrogen and oxygen atoms in total. The molecule has 5 unspecified atom stereocenters. The van der Waals surface area contributed by atoms with Crippen molar-refractivity contribution < 1.29 is 183 Å². The van der Waals surface area contributed by atoms with Crippen LogP contribution < -0.4 is 0 Å². The molecule has 0 aromatic heterocycles. The van der Waals surface area contributed by atoms with Crippen molar-refractivity contribution in [2.24, 2.45) is 22.7 Å². The summed E-state index contributed by atoms with van der Waals surface area (Å²) in [5.41, 5.74) is -1.97. The summed E-state index contributed by atoms with van der Waals surface area (Å²) in [5.74, 6) is -8.00. The van der Waals surface area contributed by atoms with E-state index in [1.54, 1.807) is 13.8 Å². The molecule has 0 saturated carbocycles. The van der Waals surface area contributed by atoms with E-state index in [0.717, 1.165) is 51.4 Å². The van der Waals surface area contributed by atoms with E-state index in [0.29, 0.717) is 64.6 Å². The molecular weight excluding hydrogens is 1720 g/mol. The average Bonchev–Trinajstić information content (AvgIpc) is 0.897. The number of carbonyl (C=O) groups is 18. The van der Waals surface area contributed by atoms with Crippen LogP contribution in [0.25, 0.3) is 0 Å². The minimum Gasteiger partial charge on any atom is -0.481 e. The molecule has 0 rings (SSSR count). The molecule has 0 saturated heterocycles. The van der Waals surface area contributed by atoms with Gasteiger partial charge in [-0.3, -0.25) is 86.3 Å². The van der Waals surface area contributed by atoms with Gasteiger partial charge in [-0.1, -0.05) is 83.1 Å². The fourth-order valence-corrected chi connectivity index (χ4v) is 6.90. The Morgan fingerprint density at radius 1 is 0.252 bits per heavy atom. The summed E-state index contributed by atoms with van der Waals surface area (Å²) in [5, 5.41) is 33.3. The zero-order valence-corrected chi connectivity index (χ0v) is 85.1.